The van der Waals surface area contributed by atoms with Gasteiger partial charge in [0.2, 0.25) is 5.91 Å². The highest BCUT2D eigenvalue weighted by molar-refractivity contribution is 6.30. The summed E-state index contributed by atoms with van der Waals surface area (Å²) in [7, 11) is 0. The molecular formula is C17H19ClN2O. The van der Waals surface area contributed by atoms with Gasteiger partial charge in [-0.2, -0.15) is 0 Å². The number of nitrogens with two attached hydrogens (primary N) is 2. The van der Waals surface area contributed by atoms with Crippen LogP contribution in [0.3, 0.4) is 0 Å². The van der Waals surface area contributed by atoms with Gasteiger partial charge in [0.1, 0.15) is 0 Å². The molecule has 0 radical (unpaired) electrons. The molecule has 2 unspecified atom stereocenters. The van der Waals surface area contributed by atoms with Gasteiger partial charge in [0.15, 0.2) is 0 Å². The Morgan fingerprint density at radius 3 is 2.43 bits per heavy atom. The SMILES string of the molecule is CC(Cc1cccc(Cl)c1)(c1ccccc1)C(N)C(N)=O. The zero-order valence-corrected chi connectivity index (χ0v) is 12.7. The molecule has 3 nitrogen and oxygen atoms in total. The maximum Gasteiger partial charge on any atom is 0.235 e. The molecule has 4 heteroatoms. The maximum atomic E-state index is 11.6. The Morgan fingerprint density at radius 1 is 1.19 bits per heavy atom. The third-order valence-electron chi connectivity index (χ3n) is 3.89. The van der Waals surface area contributed by atoms with Gasteiger partial charge in [-0.15, -0.1) is 0 Å². The highest BCUT2D eigenvalue weighted by Crippen LogP contribution is 2.31. The average Bonchev–Trinajstić information content (AvgIpc) is 2.47. The number of primary amides is 1. The third kappa shape index (κ3) is 3.43. The van der Waals surface area contributed by atoms with E-state index in [1.807, 2.05) is 61.5 Å². The first-order chi connectivity index (χ1) is 9.93. The summed E-state index contributed by atoms with van der Waals surface area (Å²) in [5.74, 6) is -0.511. The van der Waals surface area contributed by atoms with E-state index in [1.54, 1.807) is 0 Å². The molecule has 0 aliphatic rings. The number of benzene rings is 2. The Hall–Kier alpha value is -1.84. The fourth-order valence-electron chi connectivity index (χ4n) is 2.60. The largest absolute Gasteiger partial charge is 0.368 e. The number of hydrogen-bond acceptors (Lipinski definition) is 2. The van der Waals surface area contributed by atoms with Gasteiger partial charge in [-0.3, -0.25) is 4.79 Å². The van der Waals surface area contributed by atoms with E-state index < -0.39 is 17.4 Å². The van der Waals surface area contributed by atoms with Crippen LogP contribution in [-0.2, 0) is 16.6 Å². The van der Waals surface area contributed by atoms with Crippen molar-refractivity contribution >= 4 is 17.5 Å². The standard InChI is InChI=1S/C17H19ClN2O/c1-17(15(19)16(20)21,13-7-3-2-4-8-13)11-12-6-5-9-14(18)10-12/h2-10,15H,11,19H2,1H3,(H2,20,21). The van der Waals surface area contributed by atoms with Crippen LogP contribution in [0.4, 0.5) is 0 Å². The summed E-state index contributed by atoms with van der Waals surface area (Å²) in [6, 6.07) is 16.5. The van der Waals surface area contributed by atoms with E-state index in [2.05, 4.69) is 0 Å². The number of hydrogen-bond donors (Lipinski definition) is 2. The molecule has 0 saturated heterocycles. The van der Waals surface area contributed by atoms with E-state index in [0.717, 1.165) is 11.1 Å². The summed E-state index contributed by atoms with van der Waals surface area (Å²) in [5.41, 5.74) is 13.0. The van der Waals surface area contributed by atoms with Crippen molar-refractivity contribution in [3.05, 3.63) is 70.7 Å². The van der Waals surface area contributed by atoms with E-state index in [1.165, 1.54) is 0 Å². The highest BCUT2D eigenvalue weighted by atomic mass is 35.5. The molecule has 0 bridgehead atoms. The van der Waals surface area contributed by atoms with Gasteiger partial charge < -0.3 is 11.5 Å². The lowest BCUT2D eigenvalue weighted by atomic mass is 9.71. The van der Waals surface area contributed by atoms with Gasteiger partial charge in [0.25, 0.3) is 0 Å². The van der Waals surface area contributed by atoms with Gasteiger partial charge >= 0.3 is 0 Å². The Bertz CT molecular complexity index is 630. The second-order valence-electron chi connectivity index (χ2n) is 5.47. The third-order valence-corrected chi connectivity index (χ3v) is 4.12. The predicted octanol–water partition coefficient (Wildman–Crippen LogP) is 2.65. The second-order valence-corrected chi connectivity index (χ2v) is 5.91. The van der Waals surface area contributed by atoms with E-state index in [-0.39, 0.29) is 0 Å². The van der Waals surface area contributed by atoms with Crippen LogP contribution in [0.5, 0.6) is 0 Å². The van der Waals surface area contributed by atoms with E-state index >= 15 is 0 Å². The molecule has 2 rings (SSSR count). The molecule has 0 aromatic heterocycles. The van der Waals surface area contributed by atoms with Crippen molar-refractivity contribution in [3.63, 3.8) is 0 Å². The summed E-state index contributed by atoms with van der Waals surface area (Å²) < 4.78 is 0. The molecule has 1 amide bonds. The zero-order valence-electron chi connectivity index (χ0n) is 11.9. The quantitative estimate of drug-likeness (QED) is 0.891. The van der Waals surface area contributed by atoms with Crippen molar-refractivity contribution in [1.82, 2.24) is 0 Å². The number of halogens is 1. The maximum absolute atomic E-state index is 11.6. The van der Waals surface area contributed by atoms with Gasteiger partial charge in [-0.25, -0.2) is 0 Å². The Kier molecular flexibility index (Phi) is 4.66. The number of carbonyl (C=O) groups excluding carboxylic acids is 1. The van der Waals surface area contributed by atoms with Crippen LogP contribution in [0, 0.1) is 0 Å². The highest BCUT2D eigenvalue weighted by Gasteiger charge is 2.37. The van der Waals surface area contributed by atoms with E-state index in [0.29, 0.717) is 11.4 Å². The lowest BCUT2D eigenvalue weighted by molar-refractivity contribution is -0.120. The molecule has 0 saturated carbocycles. The Labute approximate surface area is 129 Å². The Morgan fingerprint density at radius 2 is 1.86 bits per heavy atom. The van der Waals surface area contributed by atoms with Crippen molar-refractivity contribution in [3.8, 4) is 0 Å². The van der Waals surface area contributed by atoms with E-state index in [4.69, 9.17) is 23.1 Å². The molecule has 2 aromatic carbocycles. The van der Waals surface area contributed by atoms with Gasteiger partial charge in [0, 0.05) is 10.4 Å². The molecule has 4 N–H and O–H groups in total. The first-order valence-electron chi connectivity index (χ1n) is 6.78. The summed E-state index contributed by atoms with van der Waals surface area (Å²) in [6.45, 7) is 1.96. The number of amides is 1. The van der Waals surface area contributed by atoms with Crippen molar-refractivity contribution in [2.24, 2.45) is 11.5 Å². The molecule has 2 atom stereocenters. The van der Waals surface area contributed by atoms with Gasteiger partial charge in [-0.05, 0) is 29.7 Å². The fourth-order valence-corrected chi connectivity index (χ4v) is 2.81. The second kappa shape index (κ2) is 6.29. The van der Waals surface area contributed by atoms with Crippen LogP contribution in [0.25, 0.3) is 0 Å². The van der Waals surface area contributed by atoms with Crippen molar-refractivity contribution in [2.75, 3.05) is 0 Å². The molecule has 0 aliphatic heterocycles. The molecule has 0 spiro atoms. The molecule has 0 fully saturated rings. The van der Waals surface area contributed by atoms with Crippen molar-refractivity contribution in [2.45, 2.75) is 24.8 Å². The summed E-state index contributed by atoms with van der Waals surface area (Å²) >= 11 is 6.04. The van der Waals surface area contributed by atoms with Gasteiger partial charge in [0.05, 0.1) is 6.04 Å². The van der Waals surface area contributed by atoms with Crippen LogP contribution in [0.1, 0.15) is 18.1 Å². The van der Waals surface area contributed by atoms with Crippen LogP contribution < -0.4 is 11.5 Å². The molecule has 0 heterocycles. The summed E-state index contributed by atoms with van der Waals surface area (Å²) in [4.78, 5) is 11.6. The fraction of sp³-hybridized carbons (Fsp3) is 0.235. The lowest BCUT2D eigenvalue weighted by Gasteiger charge is -2.34. The number of carbonyl (C=O) groups is 1. The minimum atomic E-state index is -0.779. The van der Waals surface area contributed by atoms with Crippen LogP contribution in [0.15, 0.2) is 54.6 Å². The first kappa shape index (κ1) is 15.5. The Balaban J connectivity index is 2.44. The zero-order chi connectivity index (χ0) is 15.5. The lowest BCUT2D eigenvalue weighted by Crippen LogP contribution is -2.52. The minimum absolute atomic E-state index is 0.511. The molecular weight excluding hydrogens is 284 g/mol. The van der Waals surface area contributed by atoms with Crippen LogP contribution in [0.2, 0.25) is 5.02 Å². The van der Waals surface area contributed by atoms with Crippen molar-refractivity contribution in [1.29, 1.82) is 0 Å². The predicted molar refractivity (Wildman–Crippen MR) is 86.1 cm³/mol. The van der Waals surface area contributed by atoms with E-state index in [9.17, 15) is 4.79 Å². The monoisotopic (exact) mass is 302 g/mol. The molecule has 2 aromatic rings. The summed E-state index contributed by atoms with van der Waals surface area (Å²) in [5, 5.41) is 0.663. The molecule has 0 aliphatic carbocycles. The minimum Gasteiger partial charge on any atom is -0.368 e. The van der Waals surface area contributed by atoms with Crippen molar-refractivity contribution < 1.29 is 4.79 Å². The van der Waals surface area contributed by atoms with Crippen LogP contribution >= 0.6 is 11.6 Å². The smallest absolute Gasteiger partial charge is 0.235 e. The van der Waals surface area contributed by atoms with Gasteiger partial charge in [-0.1, -0.05) is 61.0 Å². The van der Waals surface area contributed by atoms with Crippen LogP contribution in [-0.4, -0.2) is 11.9 Å². The summed E-state index contributed by atoms with van der Waals surface area (Å²) in [6.07, 6.45) is 0.585. The average molecular weight is 303 g/mol. The first-order valence-corrected chi connectivity index (χ1v) is 7.16. The molecule has 21 heavy (non-hydrogen) atoms. The molecule has 110 valence electrons. The number of rotatable bonds is 5. The topological polar surface area (TPSA) is 69.1 Å². The normalized spacial score (nSPS) is 15.2.